The maximum Gasteiger partial charge on any atom is 0.343 e. The Bertz CT molecular complexity index is 829. The molecule has 1 heterocycles. The smallest absolute Gasteiger partial charge is 0.343 e. The van der Waals surface area contributed by atoms with Crippen molar-refractivity contribution in [2.24, 2.45) is 5.41 Å². The van der Waals surface area contributed by atoms with Crippen LogP contribution in [0.25, 0.3) is 6.08 Å². The standard InChI is InChI=1S/C22H30F2N4O2/c1-21(2,3)19(29)18-16-28(27-26-18)15-9-5-8-14-25-20(30)22(23,24)13-12-17-10-6-4-7-11-17/h4,6-7,10-13,16,19,29H,5,8-9,14-15H2,1-3H3,(H,25,30)/b13-12+. The second kappa shape index (κ2) is 10.4. The Kier molecular flexibility index (Phi) is 8.23. The van der Waals surface area contributed by atoms with E-state index in [2.05, 4.69) is 15.6 Å². The maximum absolute atomic E-state index is 13.9. The number of amides is 1. The van der Waals surface area contributed by atoms with E-state index >= 15 is 0 Å². The largest absolute Gasteiger partial charge is 0.386 e. The molecular weight excluding hydrogens is 390 g/mol. The molecule has 1 amide bonds. The first kappa shape index (κ1) is 23.7. The molecule has 2 rings (SSSR count). The molecule has 0 aliphatic heterocycles. The molecule has 164 valence electrons. The fraction of sp³-hybridized carbons (Fsp3) is 0.500. The highest BCUT2D eigenvalue weighted by Gasteiger charge is 2.35. The second-order valence-electron chi connectivity index (χ2n) is 8.36. The van der Waals surface area contributed by atoms with Gasteiger partial charge in [0.25, 0.3) is 5.91 Å². The van der Waals surface area contributed by atoms with Gasteiger partial charge in [-0.25, -0.2) is 0 Å². The van der Waals surface area contributed by atoms with Gasteiger partial charge in [-0.2, -0.15) is 8.78 Å². The number of alkyl halides is 2. The number of carbonyl (C=O) groups excluding carboxylic acids is 1. The Hall–Kier alpha value is -2.61. The quantitative estimate of drug-likeness (QED) is 0.570. The number of carbonyl (C=O) groups is 1. The van der Waals surface area contributed by atoms with Gasteiger partial charge < -0.3 is 10.4 Å². The monoisotopic (exact) mass is 420 g/mol. The zero-order valence-corrected chi connectivity index (χ0v) is 17.7. The molecule has 1 atom stereocenters. The van der Waals surface area contributed by atoms with Crippen LogP contribution in [0.4, 0.5) is 8.78 Å². The van der Waals surface area contributed by atoms with Gasteiger partial charge in [0.05, 0.1) is 6.20 Å². The summed E-state index contributed by atoms with van der Waals surface area (Å²) in [6.45, 7) is 6.55. The molecule has 1 aromatic heterocycles. The number of nitrogens with zero attached hydrogens (tertiary/aromatic N) is 3. The van der Waals surface area contributed by atoms with Gasteiger partial charge in [-0.15, -0.1) is 5.10 Å². The van der Waals surface area contributed by atoms with Gasteiger partial charge in [0.2, 0.25) is 0 Å². The van der Waals surface area contributed by atoms with Gasteiger partial charge in [0, 0.05) is 13.1 Å². The third-order valence-electron chi connectivity index (χ3n) is 4.59. The van der Waals surface area contributed by atoms with Crippen molar-refractivity contribution in [1.82, 2.24) is 20.3 Å². The van der Waals surface area contributed by atoms with Crippen molar-refractivity contribution >= 4 is 12.0 Å². The Morgan fingerprint density at radius 2 is 1.90 bits per heavy atom. The van der Waals surface area contributed by atoms with E-state index in [4.69, 9.17) is 0 Å². The minimum atomic E-state index is -3.55. The van der Waals surface area contributed by atoms with Crippen LogP contribution in [0, 0.1) is 5.41 Å². The molecule has 2 aromatic rings. The van der Waals surface area contributed by atoms with Gasteiger partial charge in [0.1, 0.15) is 11.8 Å². The van der Waals surface area contributed by atoms with Crippen LogP contribution < -0.4 is 5.32 Å². The lowest BCUT2D eigenvalue weighted by molar-refractivity contribution is -0.139. The predicted octanol–water partition coefficient (Wildman–Crippen LogP) is 3.99. The molecule has 0 spiro atoms. The number of hydrogen-bond donors (Lipinski definition) is 2. The molecule has 0 aliphatic rings. The summed E-state index contributed by atoms with van der Waals surface area (Å²) in [6.07, 6.45) is 4.96. The first-order valence-electron chi connectivity index (χ1n) is 10.1. The highest BCUT2D eigenvalue weighted by atomic mass is 19.3. The molecule has 2 N–H and O–H groups in total. The Morgan fingerprint density at radius 3 is 2.57 bits per heavy atom. The summed E-state index contributed by atoms with van der Waals surface area (Å²) >= 11 is 0. The predicted molar refractivity (Wildman–Crippen MR) is 112 cm³/mol. The molecule has 0 aliphatic carbocycles. The lowest BCUT2D eigenvalue weighted by atomic mass is 9.87. The fourth-order valence-electron chi connectivity index (χ4n) is 2.73. The van der Waals surface area contributed by atoms with E-state index in [0.29, 0.717) is 30.3 Å². The van der Waals surface area contributed by atoms with E-state index in [1.165, 1.54) is 6.08 Å². The minimum Gasteiger partial charge on any atom is -0.386 e. The van der Waals surface area contributed by atoms with E-state index in [9.17, 15) is 18.7 Å². The summed E-state index contributed by atoms with van der Waals surface area (Å²) in [6, 6.07) is 8.65. The molecule has 0 fully saturated rings. The van der Waals surface area contributed by atoms with Crippen LogP contribution >= 0.6 is 0 Å². The number of aliphatic hydroxyl groups excluding tert-OH is 1. The van der Waals surface area contributed by atoms with Crippen molar-refractivity contribution in [3.05, 3.63) is 53.9 Å². The van der Waals surface area contributed by atoms with E-state index in [1.807, 2.05) is 20.8 Å². The summed E-state index contributed by atoms with van der Waals surface area (Å²) in [7, 11) is 0. The molecule has 6 nitrogen and oxygen atoms in total. The molecular formula is C22H30F2N4O2. The minimum absolute atomic E-state index is 0.180. The number of halogens is 2. The second-order valence-corrected chi connectivity index (χ2v) is 8.36. The molecule has 0 bridgehead atoms. The van der Waals surface area contributed by atoms with Gasteiger partial charge in [-0.3, -0.25) is 9.48 Å². The zero-order chi connectivity index (χ0) is 22.2. The summed E-state index contributed by atoms with van der Waals surface area (Å²) < 4.78 is 29.5. The molecule has 8 heteroatoms. The van der Waals surface area contributed by atoms with Gasteiger partial charge in [0.15, 0.2) is 0 Å². The van der Waals surface area contributed by atoms with Crippen LogP contribution in [-0.2, 0) is 11.3 Å². The Balaban J connectivity index is 1.67. The summed E-state index contributed by atoms with van der Waals surface area (Å²) in [4.78, 5) is 11.7. The van der Waals surface area contributed by atoms with Crippen LogP contribution in [0.15, 0.2) is 42.6 Å². The molecule has 0 saturated carbocycles. The third kappa shape index (κ3) is 7.33. The number of unbranched alkanes of at least 4 members (excludes halogenated alkanes) is 2. The van der Waals surface area contributed by atoms with Crippen LogP contribution in [-0.4, -0.2) is 38.5 Å². The summed E-state index contributed by atoms with van der Waals surface area (Å²) in [5, 5.41) is 20.5. The lowest BCUT2D eigenvalue weighted by Gasteiger charge is -2.23. The summed E-state index contributed by atoms with van der Waals surface area (Å²) in [5.74, 6) is -4.85. The first-order valence-corrected chi connectivity index (χ1v) is 10.1. The number of aryl methyl sites for hydroxylation is 1. The van der Waals surface area contributed by atoms with Crippen LogP contribution in [0.5, 0.6) is 0 Å². The number of aliphatic hydroxyl groups is 1. The number of aromatic nitrogens is 3. The molecule has 30 heavy (non-hydrogen) atoms. The lowest BCUT2D eigenvalue weighted by Crippen LogP contribution is -2.39. The Morgan fingerprint density at radius 1 is 1.20 bits per heavy atom. The highest BCUT2D eigenvalue weighted by molar-refractivity contribution is 5.86. The average Bonchev–Trinajstić information content (AvgIpc) is 3.17. The van der Waals surface area contributed by atoms with E-state index in [-0.39, 0.29) is 12.0 Å². The van der Waals surface area contributed by atoms with Crippen molar-refractivity contribution in [3.8, 4) is 0 Å². The zero-order valence-electron chi connectivity index (χ0n) is 17.7. The highest BCUT2D eigenvalue weighted by Crippen LogP contribution is 2.30. The number of nitrogens with one attached hydrogen (secondary N) is 1. The fourth-order valence-corrected chi connectivity index (χ4v) is 2.73. The van der Waals surface area contributed by atoms with Crippen LogP contribution in [0.3, 0.4) is 0 Å². The topological polar surface area (TPSA) is 80.0 Å². The SMILES string of the molecule is CC(C)(C)C(O)c1cn(CCCCCNC(=O)C(F)(F)/C=C/c2ccccc2)nn1. The van der Waals surface area contributed by atoms with Gasteiger partial charge in [-0.05, 0) is 36.3 Å². The average molecular weight is 421 g/mol. The molecule has 0 radical (unpaired) electrons. The van der Waals surface area contributed by atoms with Crippen molar-refractivity contribution in [1.29, 1.82) is 0 Å². The van der Waals surface area contributed by atoms with Crippen molar-refractivity contribution in [3.63, 3.8) is 0 Å². The van der Waals surface area contributed by atoms with Crippen molar-refractivity contribution < 1.29 is 18.7 Å². The van der Waals surface area contributed by atoms with Gasteiger partial charge >= 0.3 is 5.92 Å². The molecule has 0 saturated heterocycles. The molecule has 1 unspecified atom stereocenters. The number of benzene rings is 1. The van der Waals surface area contributed by atoms with E-state index < -0.39 is 17.9 Å². The number of rotatable bonds is 10. The number of hydrogen-bond acceptors (Lipinski definition) is 4. The van der Waals surface area contributed by atoms with Crippen LogP contribution in [0.1, 0.15) is 57.4 Å². The van der Waals surface area contributed by atoms with E-state index in [1.54, 1.807) is 41.2 Å². The third-order valence-corrected chi connectivity index (χ3v) is 4.59. The van der Waals surface area contributed by atoms with Crippen LogP contribution in [0.2, 0.25) is 0 Å². The first-order chi connectivity index (χ1) is 14.1. The Labute approximate surface area is 176 Å². The normalized spacial score (nSPS) is 13.5. The maximum atomic E-state index is 13.9. The summed E-state index contributed by atoms with van der Waals surface area (Å²) in [5.41, 5.74) is 0.814. The van der Waals surface area contributed by atoms with Crippen molar-refractivity contribution in [2.75, 3.05) is 6.54 Å². The molecule has 1 aromatic carbocycles. The van der Waals surface area contributed by atoms with Crippen molar-refractivity contribution in [2.45, 2.75) is 58.6 Å². The van der Waals surface area contributed by atoms with Gasteiger partial charge in [-0.1, -0.05) is 62.4 Å². The van der Waals surface area contributed by atoms with E-state index in [0.717, 1.165) is 12.8 Å².